The molecule has 4 nitrogen and oxygen atoms in total. The molecule has 0 spiro atoms. The normalized spacial score (nSPS) is 13.4. The number of nitrogens with two attached hydrogens (primary N) is 1. The van der Waals surface area contributed by atoms with Crippen molar-refractivity contribution in [2.75, 3.05) is 12.4 Å². The predicted molar refractivity (Wildman–Crippen MR) is 80.2 cm³/mol. The van der Waals surface area contributed by atoms with Crippen LogP contribution in [0.3, 0.4) is 0 Å². The van der Waals surface area contributed by atoms with Crippen molar-refractivity contribution >= 4 is 26.0 Å². The molecular weight excluding hydrogens is 330 g/mol. The predicted octanol–water partition coefficient (Wildman–Crippen LogP) is 2.67. The fourth-order valence-corrected chi connectivity index (χ4v) is 2.72. The first-order chi connectivity index (χ1) is 8.88. The van der Waals surface area contributed by atoms with Gasteiger partial charge in [0.2, 0.25) is 10.0 Å². The van der Waals surface area contributed by atoms with Crippen LogP contribution in [-0.2, 0) is 21.4 Å². The maximum absolute atomic E-state index is 10.8. The second kappa shape index (κ2) is 7.99. The summed E-state index contributed by atoms with van der Waals surface area (Å²) in [4.78, 5) is 0. The summed E-state index contributed by atoms with van der Waals surface area (Å²) >= 11 is 3.46. The summed E-state index contributed by atoms with van der Waals surface area (Å²) < 4.78 is 28.3. The lowest BCUT2D eigenvalue weighted by molar-refractivity contribution is 0.108. The quantitative estimate of drug-likeness (QED) is 0.733. The number of rotatable bonds is 8. The topological polar surface area (TPSA) is 69.4 Å². The minimum atomic E-state index is -3.35. The van der Waals surface area contributed by atoms with E-state index in [0.29, 0.717) is 19.6 Å². The molecule has 0 radical (unpaired) electrons. The molecule has 0 aliphatic rings. The van der Waals surface area contributed by atoms with Gasteiger partial charge in [-0.1, -0.05) is 41.1 Å². The molecule has 1 aromatic carbocycles. The third-order valence-corrected chi connectivity index (χ3v) is 4.44. The Hall–Kier alpha value is -0.430. The van der Waals surface area contributed by atoms with E-state index >= 15 is 0 Å². The summed E-state index contributed by atoms with van der Waals surface area (Å²) in [6.07, 6.45) is 1.41. The van der Waals surface area contributed by atoms with Crippen LogP contribution in [0.4, 0.5) is 0 Å². The Bertz CT molecular complexity index is 490. The van der Waals surface area contributed by atoms with Crippen LogP contribution < -0.4 is 5.14 Å². The zero-order valence-corrected chi connectivity index (χ0v) is 13.4. The molecule has 1 atom stereocenters. The highest BCUT2D eigenvalue weighted by Gasteiger charge is 2.08. The third-order valence-electron chi connectivity index (χ3n) is 2.87. The highest BCUT2D eigenvalue weighted by molar-refractivity contribution is 9.10. The first kappa shape index (κ1) is 16.6. The highest BCUT2D eigenvalue weighted by Crippen LogP contribution is 2.17. The third kappa shape index (κ3) is 7.67. The van der Waals surface area contributed by atoms with Crippen LogP contribution in [0.1, 0.15) is 25.3 Å². The summed E-state index contributed by atoms with van der Waals surface area (Å²) in [6, 6.07) is 7.92. The molecule has 0 bridgehead atoms. The van der Waals surface area contributed by atoms with Crippen LogP contribution in [0.2, 0.25) is 0 Å². The van der Waals surface area contributed by atoms with E-state index in [1.165, 1.54) is 0 Å². The molecule has 0 heterocycles. The van der Waals surface area contributed by atoms with Crippen LogP contribution in [-0.4, -0.2) is 20.8 Å². The number of benzene rings is 1. The van der Waals surface area contributed by atoms with E-state index in [1.807, 2.05) is 31.2 Å². The molecule has 0 saturated heterocycles. The van der Waals surface area contributed by atoms with E-state index in [0.717, 1.165) is 16.5 Å². The van der Waals surface area contributed by atoms with Gasteiger partial charge in [-0.05, 0) is 30.4 Å². The van der Waals surface area contributed by atoms with Gasteiger partial charge in [-0.3, -0.25) is 0 Å². The molecule has 0 aliphatic carbocycles. The molecule has 108 valence electrons. The highest BCUT2D eigenvalue weighted by atomic mass is 79.9. The summed E-state index contributed by atoms with van der Waals surface area (Å²) in [7, 11) is -3.35. The average molecular weight is 350 g/mol. The molecule has 0 aliphatic heterocycles. The monoisotopic (exact) mass is 349 g/mol. The summed E-state index contributed by atoms with van der Waals surface area (Å²) in [5.41, 5.74) is 1.11. The first-order valence-electron chi connectivity index (χ1n) is 6.20. The van der Waals surface area contributed by atoms with Gasteiger partial charge >= 0.3 is 0 Å². The van der Waals surface area contributed by atoms with Crippen molar-refractivity contribution in [2.24, 2.45) is 11.1 Å². The van der Waals surface area contributed by atoms with Gasteiger partial charge in [-0.15, -0.1) is 0 Å². The van der Waals surface area contributed by atoms with Gasteiger partial charge in [0.05, 0.1) is 12.4 Å². The maximum atomic E-state index is 10.8. The van der Waals surface area contributed by atoms with Gasteiger partial charge in [-0.25, -0.2) is 13.6 Å². The fraction of sp³-hybridized carbons (Fsp3) is 0.538. The van der Waals surface area contributed by atoms with E-state index < -0.39 is 10.0 Å². The van der Waals surface area contributed by atoms with Crippen molar-refractivity contribution in [1.29, 1.82) is 0 Å². The number of sulfonamides is 1. The Labute approximate surface area is 123 Å². The molecule has 0 amide bonds. The molecule has 0 aromatic heterocycles. The minimum Gasteiger partial charge on any atom is -0.377 e. The van der Waals surface area contributed by atoms with E-state index in [2.05, 4.69) is 15.9 Å². The van der Waals surface area contributed by atoms with E-state index in [1.54, 1.807) is 0 Å². The van der Waals surface area contributed by atoms with Crippen LogP contribution >= 0.6 is 15.9 Å². The van der Waals surface area contributed by atoms with Crippen LogP contribution in [0.15, 0.2) is 28.7 Å². The number of ether oxygens (including phenoxy) is 1. The lowest BCUT2D eigenvalue weighted by atomic mass is 10.1. The Kier molecular flexibility index (Phi) is 6.99. The SMILES string of the molecule is CC(CCOCc1ccccc1Br)CCS(N)(=O)=O. The molecule has 19 heavy (non-hydrogen) atoms. The number of primary sulfonamides is 1. The van der Waals surface area contributed by atoms with Gasteiger partial charge in [0.25, 0.3) is 0 Å². The number of hydrogen-bond donors (Lipinski definition) is 1. The summed E-state index contributed by atoms with van der Waals surface area (Å²) in [5.74, 6) is 0.329. The lowest BCUT2D eigenvalue weighted by Crippen LogP contribution is -2.18. The molecule has 0 fully saturated rings. The molecular formula is C13H20BrNO3S. The Balaban J connectivity index is 2.19. The van der Waals surface area contributed by atoms with Gasteiger partial charge in [0, 0.05) is 11.1 Å². The minimum absolute atomic E-state index is 0.0401. The summed E-state index contributed by atoms with van der Waals surface area (Å²) in [5, 5.41) is 4.97. The Morgan fingerprint density at radius 2 is 2.00 bits per heavy atom. The van der Waals surface area contributed by atoms with Crippen LogP contribution in [0.5, 0.6) is 0 Å². The van der Waals surface area contributed by atoms with E-state index in [-0.39, 0.29) is 11.7 Å². The largest absolute Gasteiger partial charge is 0.377 e. The fourth-order valence-electron chi connectivity index (χ4n) is 1.59. The Morgan fingerprint density at radius 3 is 2.63 bits per heavy atom. The zero-order valence-electron chi connectivity index (χ0n) is 11.0. The smallest absolute Gasteiger partial charge is 0.209 e. The van der Waals surface area contributed by atoms with Crippen molar-refractivity contribution in [1.82, 2.24) is 0 Å². The zero-order chi connectivity index (χ0) is 14.3. The van der Waals surface area contributed by atoms with Crippen LogP contribution in [0.25, 0.3) is 0 Å². The number of halogens is 1. The van der Waals surface area contributed by atoms with Crippen LogP contribution in [0, 0.1) is 5.92 Å². The molecule has 1 rings (SSSR count). The average Bonchev–Trinajstić information content (AvgIpc) is 2.33. The van der Waals surface area contributed by atoms with Crippen molar-refractivity contribution in [3.8, 4) is 0 Å². The van der Waals surface area contributed by atoms with Gasteiger partial charge in [0.15, 0.2) is 0 Å². The second-order valence-corrected chi connectivity index (χ2v) is 7.28. The van der Waals surface area contributed by atoms with Crippen molar-refractivity contribution in [3.05, 3.63) is 34.3 Å². The van der Waals surface area contributed by atoms with E-state index in [9.17, 15) is 8.42 Å². The maximum Gasteiger partial charge on any atom is 0.209 e. The van der Waals surface area contributed by atoms with Gasteiger partial charge in [0.1, 0.15) is 0 Å². The number of hydrogen-bond acceptors (Lipinski definition) is 3. The molecule has 6 heteroatoms. The lowest BCUT2D eigenvalue weighted by Gasteiger charge is -2.11. The van der Waals surface area contributed by atoms with E-state index in [4.69, 9.17) is 9.88 Å². The van der Waals surface area contributed by atoms with Gasteiger partial charge in [-0.2, -0.15) is 0 Å². The molecule has 1 unspecified atom stereocenters. The molecule has 0 saturated carbocycles. The standard InChI is InChI=1S/C13H20BrNO3S/c1-11(7-9-19(15,16)17)6-8-18-10-12-4-2-3-5-13(12)14/h2-5,11H,6-10H2,1H3,(H2,15,16,17). The van der Waals surface area contributed by atoms with Crippen molar-refractivity contribution in [3.63, 3.8) is 0 Å². The molecule has 2 N–H and O–H groups in total. The second-order valence-electron chi connectivity index (χ2n) is 4.69. The van der Waals surface area contributed by atoms with Crippen molar-refractivity contribution < 1.29 is 13.2 Å². The van der Waals surface area contributed by atoms with Crippen molar-refractivity contribution in [2.45, 2.75) is 26.4 Å². The Morgan fingerprint density at radius 1 is 1.32 bits per heavy atom. The van der Waals surface area contributed by atoms with Gasteiger partial charge < -0.3 is 4.74 Å². The first-order valence-corrected chi connectivity index (χ1v) is 8.71. The summed E-state index contributed by atoms with van der Waals surface area (Å²) in [6.45, 7) is 3.18. The molecule has 1 aromatic rings.